The summed E-state index contributed by atoms with van der Waals surface area (Å²) >= 11 is 0. The lowest BCUT2D eigenvalue weighted by Crippen LogP contribution is -2.13. The first-order valence-electron chi connectivity index (χ1n) is 4.45. The van der Waals surface area contributed by atoms with Gasteiger partial charge in [-0.05, 0) is 12.0 Å². The van der Waals surface area contributed by atoms with Crippen LogP contribution in [0.3, 0.4) is 0 Å². The molecule has 0 amide bonds. The van der Waals surface area contributed by atoms with Crippen molar-refractivity contribution in [3.05, 3.63) is 18.0 Å². The van der Waals surface area contributed by atoms with E-state index < -0.39 is 0 Å². The molecule has 0 bridgehead atoms. The predicted molar refractivity (Wildman–Crippen MR) is 57.1 cm³/mol. The summed E-state index contributed by atoms with van der Waals surface area (Å²) in [4.78, 5) is 6.27. The van der Waals surface area contributed by atoms with Gasteiger partial charge >= 0.3 is 0 Å². The summed E-state index contributed by atoms with van der Waals surface area (Å²) in [6, 6.07) is 1.93. The van der Waals surface area contributed by atoms with Crippen LogP contribution in [0.1, 0.15) is 25.5 Å². The van der Waals surface area contributed by atoms with E-state index in [4.69, 9.17) is 5.73 Å². The zero-order valence-corrected chi connectivity index (χ0v) is 8.70. The number of hydrogen-bond acceptors (Lipinski definition) is 3. The third kappa shape index (κ3) is 1.91. The zero-order valence-electron chi connectivity index (χ0n) is 8.70. The van der Waals surface area contributed by atoms with Gasteiger partial charge in [-0.1, -0.05) is 13.8 Å². The lowest BCUT2D eigenvalue weighted by atomic mass is 10.1. The Kier molecular flexibility index (Phi) is 2.76. The molecule has 0 aromatic carbocycles. The lowest BCUT2D eigenvalue weighted by molar-refractivity contribution is 0.825. The molecule has 0 radical (unpaired) electrons. The Morgan fingerprint density at radius 1 is 1.38 bits per heavy atom. The highest BCUT2D eigenvalue weighted by Gasteiger charge is 2.10. The number of nitrogens with zero attached hydrogens (tertiary/aromatic N) is 2. The second-order valence-corrected chi connectivity index (χ2v) is 3.68. The Morgan fingerprint density at radius 3 is 2.46 bits per heavy atom. The molecule has 0 spiro atoms. The number of anilines is 2. The molecule has 1 aromatic rings. The molecule has 3 heteroatoms. The van der Waals surface area contributed by atoms with Crippen molar-refractivity contribution in [3.63, 3.8) is 0 Å². The Labute approximate surface area is 79.6 Å². The van der Waals surface area contributed by atoms with Crippen LogP contribution in [0.5, 0.6) is 0 Å². The molecular weight excluding hydrogens is 162 g/mol. The molecule has 72 valence electrons. The second-order valence-electron chi connectivity index (χ2n) is 3.68. The van der Waals surface area contributed by atoms with Gasteiger partial charge < -0.3 is 10.6 Å². The average Bonchev–Trinajstić information content (AvgIpc) is 2.03. The maximum Gasteiger partial charge on any atom is 0.0773 e. The van der Waals surface area contributed by atoms with Gasteiger partial charge in [0.05, 0.1) is 17.1 Å². The van der Waals surface area contributed by atoms with E-state index in [0.29, 0.717) is 5.92 Å². The van der Waals surface area contributed by atoms with Crippen molar-refractivity contribution in [3.8, 4) is 0 Å². The third-order valence-electron chi connectivity index (χ3n) is 2.03. The molecule has 3 nitrogen and oxygen atoms in total. The largest absolute Gasteiger partial charge is 0.396 e. The maximum absolute atomic E-state index is 5.98. The van der Waals surface area contributed by atoms with Gasteiger partial charge in [-0.15, -0.1) is 0 Å². The average molecular weight is 179 g/mol. The van der Waals surface area contributed by atoms with Crippen LogP contribution in [0.25, 0.3) is 0 Å². The van der Waals surface area contributed by atoms with Crippen LogP contribution in [0.15, 0.2) is 12.3 Å². The van der Waals surface area contributed by atoms with Gasteiger partial charge in [0.25, 0.3) is 0 Å². The number of nitrogens with two attached hydrogens (primary N) is 1. The van der Waals surface area contributed by atoms with E-state index in [2.05, 4.69) is 18.8 Å². The Balaban J connectivity index is 3.18. The summed E-state index contributed by atoms with van der Waals surface area (Å²) in [5.41, 5.74) is 8.79. The summed E-state index contributed by atoms with van der Waals surface area (Å²) in [6.07, 6.45) is 1.81. The number of nitrogen functional groups attached to an aromatic ring is 1. The minimum atomic E-state index is 0.375. The van der Waals surface area contributed by atoms with Crippen LogP contribution < -0.4 is 10.6 Å². The molecule has 0 atom stereocenters. The molecule has 0 unspecified atom stereocenters. The third-order valence-corrected chi connectivity index (χ3v) is 2.03. The maximum atomic E-state index is 5.98. The predicted octanol–water partition coefficient (Wildman–Crippen LogP) is 1.85. The van der Waals surface area contributed by atoms with Gasteiger partial charge in [0.1, 0.15) is 0 Å². The summed E-state index contributed by atoms with van der Waals surface area (Å²) in [7, 11) is 3.96. The standard InChI is InChI=1S/C10H17N3/c1-7(2)10-9(11)8(13(3)4)5-6-12-10/h5-7H,11H2,1-4H3. The fourth-order valence-electron chi connectivity index (χ4n) is 1.33. The minimum Gasteiger partial charge on any atom is -0.396 e. The Hall–Kier alpha value is -1.25. The fourth-order valence-corrected chi connectivity index (χ4v) is 1.33. The van der Waals surface area contributed by atoms with Gasteiger partial charge in [-0.25, -0.2) is 0 Å². The van der Waals surface area contributed by atoms with Crippen molar-refractivity contribution in [1.29, 1.82) is 0 Å². The first-order chi connectivity index (χ1) is 6.04. The molecule has 1 aromatic heterocycles. The molecule has 0 fully saturated rings. The topological polar surface area (TPSA) is 42.2 Å². The SMILES string of the molecule is CC(C)c1nccc(N(C)C)c1N. The smallest absolute Gasteiger partial charge is 0.0773 e. The number of hydrogen-bond donors (Lipinski definition) is 1. The van der Waals surface area contributed by atoms with E-state index in [-0.39, 0.29) is 0 Å². The summed E-state index contributed by atoms with van der Waals surface area (Å²) in [5, 5.41) is 0. The van der Waals surface area contributed by atoms with Crippen LogP contribution in [0, 0.1) is 0 Å². The van der Waals surface area contributed by atoms with Crippen molar-refractivity contribution in [2.45, 2.75) is 19.8 Å². The highest BCUT2D eigenvalue weighted by Crippen LogP contribution is 2.27. The molecule has 1 heterocycles. The lowest BCUT2D eigenvalue weighted by Gasteiger charge is -2.18. The van der Waals surface area contributed by atoms with Crippen molar-refractivity contribution in [2.75, 3.05) is 24.7 Å². The first kappa shape index (κ1) is 9.84. The van der Waals surface area contributed by atoms with E-state index >= 15 is 0 Å². The number of aromatic nitrogens is 1. The summed E-state index contributed by atoms with van der Waals surface area (Å²) < 4.78 is 0. The van der Waals surface area contributed by atoms with Gasteiger partial charge in [0.2, 0.25) is 0 Å². The van der Waals surface area contributed by atoms with Gasteiger partial charge in [-0.2, -0.15) is 0 Å². The van der Waals surface area contributed by atoms with Gasteiger partial charge in [-0.3, -0.25) is 4.98 Å². The number of pyridine rings is 1. The fraction of sp³-hybridized carbons (Fsp3) is 0.500. The monoisotopic (exact) mass is 179 g/mol. The molecule has 1 rings (SSSR count). The molecule has 0 aliphatic carbocycles. The molecule has 0 saturated heterocycles. The van der Waals surface area contributed by atoms with E-state index in [0.717, 1.165) is 17.1 Å². The van der Waals surface area contributed by atoms with Crippen molar-refractivity contribution >= 4 is 11.4 Å². The van der Waals surface area contributed by atoms with Crippen LogP contribution in [-0.4, -0.2) is 19.1 Å². The molecule has 0 aliphatic heterocycles. The summed E-state index contributed by atoms with van der Waals surface area (Å²) in [6.45, 7) is 4.19. The van der Waals surface area contributed by atoms with Crippen LogP contribution in [0.2, 0.25) is 0 Å². The molecule has 0 aliphatic rings. The van der Waals surface area contributed by atoms with E-state index in [1.165, 1.54) is 0 Å². The minimum absolute atomic E-state index is 0.375. The van der Waals surface area contributed by atoms with E-state index in [9.17, 15) is 0 Å². The Morgan fingerprint density at radius 2 is 2.00 bits per heavy atom. The quantitative estimate of drug-likeness (QED) is 0.753. The zero-order chi connectivity index (χ0) is 10.0. The van der Waals surface area contributed by atoms with Crippen LogP contribution in [0.4, 0.5) is 11.4 Å². The molecule has 2 N–H and O–H groups in total. The first-order valence-corrected chi connectivity index (χ1v) is 4.45. The van der Waals surface area contributed by atoms with Gasteiger partial charge in [0, 0.05) is 20.3 Å². The highest BCUT2D eigenvalue weighted by atomic mass is 15.1. The van der Waals surface area contributed by atoms with Crippen LogP contribution in [-0.2, 0) is 0 Å². The Bertz CT molecular complexity index is 266. The van der Waals surface area contributed by atoms with Crippen molar-refractivity contribution < 1.29 is 0 Å². The van der Waals surface area contributed by atoms with Crippen molar-refractivity contribution in [2.24, 2.45) is 0 Å². The second kappa shape index (κ2) is 3.64. The molecular formula is C10H17N3. The molecule has 13 heavy (non-hydrogen) atoms. The number of rotatable bonds is 2. The summed E-state index contributed by atoms with van der Waals surface area (Å²) in [5.74, 6) is 0.375. The van der Waals surface area contributed by atoms with Crippen LogP contribution >= 0.6 is 0 Å². The molecule has 0 saturated carbocycles. The highest BCUT2D eigenvalue weighted by molar-refractivity contribution is 5.69. The van der Waals surface area contributed by atoms with Crippen molar-refractivity contribution in [1.82, 2.24) is 4.98 Å². The normalized spacial score (nSPS) is 10.5. The van der Waals surface area contributed by atoms with E-state index in [1.54, 1.807) is 6.20 Å². The van der Waals surface area contributed by atoms with E-state index in [1.807, 2.05) is 25.1 Å². The van der Waals surface area contributed by atoms with Gasteiger partial charge in [0.15, 0.2) is 0 Å².